The molecule has 0 saturated heterocycles. The van der Waals surface area contributed by atoms with Gasteiger partial charge in [0.15, 0.2) is 0 Å². The molecule has 0 rings (SSSR count). The summed E-state index contributed by atoms with van der Waals surface area (Å²) >= 11 is 0. The van der Waals surface area contributed by atoms with Gasteiger partial charge in [-0.3, -0.25) is 0 Å². The number of hydrogen-bond acceptors (Lipinski definition) is 1. The Hall–Kier alpha value is -0.500. The molecule has 0 aliphatic heterocycles. The molecule has 0 aromatic carbocycles. The summed E-state index contributed by atoms with van der Waals surface area (Å²) in [4.78, 5) is 0. The Balaban J connectivity index is 4.18. The van der Waals surface area contributed by atoms with Crippen LogP contribution in [0.2, 0.25) is 0 Å². The van der Waals surface area contributed by atoms with E-state index in [2.05, 4.69) is 20.8 Å². The van der Waals surface area contributed by atoms with Gasteiger partial charge in [0.1, 0.15) is 13.2 Å². The van der Waals surface area contributed by atoms with Crippen LogP contribution in [0.25, 0.3) is 0 Å². The molecule has 0 amide bonds. The third kappa shape index (κ3) is 5.55. The molecule has 0 aliphatic carbocycles. The second-order valence-corrected chi connectivity index (χ2v) is 4.58. The second-order valence-electron chi connectivity index (χ2n) is 4.58. The van der Waals surface area contributed by atoms with E-state index in [0.717, 1.165) is 18.9 Å². The van der Waals surface area contributed by atoms with Crippen molar-refractivity contribution in [3.63, 3.8) is 0 Å². The fraction of sp³-hybridized carbons (Fsp3) is 0.857. The molecule has 2 heteroatoms. The van der Waals surface area contributed by atoms with Crippen LogP contribution < -0.4 is 0 Å². The van der Waals surface area contributed by atoms with Gasteiger partial charge < -0.3 is 9.22 Å². The van der Waals surface area contributed by atoms with Crippen molar-refractivity contribution in [3.05, 3.63) is 11.8 Å². The van der Waals surface area contributed by atoms with Gasteiger partial charge in [-0.25, -0.2) is 0 Å². The monoisotopic (exact) mass is 228 g/mol. The second kappa shape index (κ2) is 8.63. The van der Waals surface area contributed by atoms with E-state index in [4.69, 9.17) is 4.74 Å². The Morgan fingerprint density at radius 1 is 1.06 bits per heavy atom. The minimum atomic E-state index is 0.851. The molecule has 96 valence electrons. The van der Waals surface area contributed by atoms with Crippen LogP contribution in [-0.4, -0.2) is 37.3 Å². The van der Waals surface area contributed by atoms with E-state index in [1.807, 2.05) is 19.9 Å². The number of nitrogens with zero attached hydrogens (tertiary/aromatic N) is 1. The Kier molecular flexibility index (Phi) is 8.36. The molecule has 0 aliphatic rings. The molecule has 0 unspecified atom stereocenters. The summed E-state index contributed by atoms with van der Waals surface area (Å²) in [5, 5.41) is 0. The van der Waals surface area contributed by atoms with Crippen LogP contribution in [-0.2, 0) is 4.74 Å². The maximum Gasteiger partial charge on any atom is 0.137 e. The molecule has 0 aromatic heterocycles. The zero-order valence-electron chi connectivity index (χ0n) is 11.9. The van der Waals surface area contributed by atoms with E-state index in [-0.39, 0.29) is 0 Å². The Morgan fingerprint density at radius 3 is 2.00 bits per heavy atom. The lowest BCUT2D eigenvalue weighted by Crippen LogP contribution is -2.50. The van der Waals surface area contributed by atoms with E-state index in [1.54, 1.807) is 0 Å². The molecule has 0 fully saturated rings. The lowest BCUT2D eigenvalue weighted by molar-refractivity contribution is -0.926. The zero-order chi connectivity index (χ0) is 12.4. The summed E-state index contributed by atoms with van der Waals surface area (Å²) in [6.07, 6.45) is 4.55. The van der Waals surface area contributed by atoms with E-state index < -0.39 is 0 Å². The molecule has 0 N–H and O–H groups in total. The minimum absolute atomic E-state index is 0.851. The minimum Gasteiger partial charge on any atom is -0.493 e. The number of likely N-dealkylation sites (N-methyl/N-ethyl adjacent to an activating group) is 1. The predicted octanol–water partition coefficient (Wildman–Crippen LogP) is 3.58. The summed E-state index contributed by atoms with van der Waals surface area (Å²) in [7, 11) is 0. The maximum absolute atomic E-state index is 5.69. The van der Waals surface area contributed by atoms with Gasteiger partial charge in [-0.1, -0.05) is 19.9 Å². The third-order valence-corrected chi connectivity index (χ3v) is 3.37. The van der Waals surface area contributed by atoms with Crippen molar-refractivity contribution in [1.29, 1.82) is 0 Å². The van der Waals surface area contributed by atoms with Crippen molar-refractivity contribution in [2.45, 2.75) is 47.5 Å². The van der Waals surface area contributed by atoms with Crippen molar-refractivity contribution in [3.8, 4) is 0 Å². The summed E-state index contributed by atoms with van der Waals surface area (Å²) in [5.74, 6) is 1.04. The average molecular weight is 228 g/mol. The van der Waals surface area contributed by atoms with E-state index >= 15 is 0 Å². The van der Waals surface area contributed by atoms with Crippen LogP contribution in [0.1, 0.15) is 47.5 Å². The molecule has 0 atom stereocenters. The molecule has 0 saturated carbocycles. The summed E-state index contributed by atoms with van der Waals surface area (Å²) in [6.45, 7) is 16.7. The van der Waals surface area contributed by atoms with Crippen LogP contribution in [0, 0.1) is 0 Å². The van der Waals surface area contributed by atoms with Gasteiger partial charge in [-0.15, -0.1) is 0 Å². The molecule has 0 bridgehead atoms. The first kappa shape index (κ1) is 15.5. The molecule has 2 nitrogen and oxygen atoms in total. The van der Waals surface area contributed by atoms with Crippen LogP contribution >= 0.6 is 0 Å². The highest BCUT2D eigenvalue weighted by Gasteiger charge is 2.22. The first-order valence-corrected chi connectivity index (χ1v) is 6.75. The Morgan fingerprint density at radius 2 is 1.62 bits per heavy atom. The Labute approximate surface area is 102 Å². The average Bonchev–Trinajstić information content (AvgIpc) is 2.29. The van der Waals surface area contributed by atoms with Crippen molar-refractivity contribution >= 4 is 0 Å². The molecule has 0 radical (unpaired) electrons. The number of ether oxygens (including phenoxy) is 1. The maximum atomic E-state index is 5.69. The highest BCUT2D eigenvalue weighted by atomic mass is 16.5. The van der Waals surface area contributed by atoms with Crippen molar-refractivity contribution in [2.24, 2.45) is 0 Å². The fourth-order valence-electron chi connectivity index (χ4n) is 2.24. The smallest absolute Gasteiger partial charge is 0.137 e. The van der Waals surface area contributed by atoms with Gasteiger partial charge in [0, 0.05) is 0 Å². The summed E-state index contributed by atoms with van der Waals surface area (Å²) < 4.78 is 6.90. The largest absolute Gasteiger partial charge is 0.493 e. The lowest BCUT2D eigenvalue weighted by Gasteiger charge is -2.37. The van der Waals surface area contributed by atoms with Crippen molar-refractivity contribution in [2.75, 3.05) is 32.8 Å². The van der Waals surface area contributed by atoms with Crippen LogP contribution in [0.5, 0.6) is 0 Å². The third-order valence-electron chi connectivity index (χ3n) is 3.37. The molecule has 16 heavy (non-hydrogen) atoms. The molecular formula is C14H30NO+. The fourth-order valence-corrected chi connectivity index (χ4v) is 2.24. The van der Waals surface area contributed by atoms with Gasteiger partial charge in [-0.2, -0.15) is 0 Å². The van der Waals surface area contributed by atoms with Gasteiger partial charge in [0.25, 0.3) is 0 Å². The quantitative estimate of drug-likeness (QED) is 0.433. The number of hydrogen-bond donors (Lipinski definition) is 0. The van der Waals surface area contributed by atoms with Crippen LogP contribution in [0.4, 0.5) is 0 Å². The van der Waals surface area contributed by atoms with Gasteiger partial charge in [0.05, 0.1) is 25.4 Å². The van der Waals surface area contributed by atoms with E-state index in [1.165, 1.54) is 37.0 Å². The SMILES string of the molecule is C/C=C(/C)OCC[N+](CC)(CCC)CCC. The van der Waals surface area contributed by atoms with Crippen molar-refractivity contribution < 1.29 is 9.22 Å². The first-order chi connectivity index (χ1) is 7.64. The normalized spacial score (nSPS) is 12.9. The first-order valence-electron chi connectivity index (χ1n) is 6.75. The summed E-state index contributed by atoms with van der Waals surface area (Å²) in [6, 6.07) is 0. The molecular weight excluding hydrogens is 198 g/mol. The summed E-state index contributed by atoms with van der Waals surface area (Å²) in [5.41, 5.74) is 0. The predicted molar refractivity (Wildman–Crippen MR) is 71.4 cm³/mol. The lowest BCUT2D eigenvalue weighted by atomic mass is 10.2. The highest BCUT2D eigenvalue weighted by Crippen LogP contribution is 2.10. The molecule has 0 spiro atoms. The van der Waals surface area contributed by atoms with E-state index in [0.29, 0.717) is 0 Å². The topological polar surface area (TPSA) is 9.23 Å². The van der Waals surface area contributed by atoms with Crippen molar-refractivity contribution in [1.82, 2.24) is 0 Å². The van der Waals surface area contributed by atoms with Gasteiger partial charge in [0.2, 0.25) is 0 Å². The Bertz CT molecular complexity index is 193. The zero-order valence-corrected chi connectivity index (χ0v) is 11.9. The van der Waals surface area contributed by atoms with Crippen LogP contribution in [0.15, 0.2) is 11.8 Å². The van der Waals surface area contributed by atoms with Gasteiger partial charge in [-0.05, 0) is 33.6 Å². The van der Waals surface area contributed by atoms with Gasteiger partial charge >= 0.3 is 0 Å². The van der Waals surface area contributed by atoms with Crippen LogP contribution in [0.3, 0.4) is 0 Å². The number of quaternary nitrogens is 1. The molecule has 0 aromatic rings. The number of rotatable bonds is 9. The van der Waals surface area contributed by atoms with E-state index in [9.17, 15) is 0 Å². The number of allylic oxidation sites excluding steroid dienone is 2. The molecule has 0 heterocycles. The standard InChI is InChI=1S/C14H30NO/c1-6-10-15(9-4,11-7-2)12-13-16-14(5)8-3/h8H,6-7,9-13H2,1-5H3/q+1/b14-8-. The highest BCUT2D eigenvalue weighted by molar-refractivity contribution is 4.83.